The first-order valence-corrected chi connectivity index (χ1v) is 10.2. The SMILES string of the molecule is CCOCCn1c(=NC(=O)c2ccc(Cl)s2)sc2ccc(Cl)c(Cl)c21. The predicted molar refractivity (Wildman–Crippen MR) is 106 cm³/mol. The fraction of sp³-hybridized carbons (Fsp3) is 0.250. The predicted octanol–water partition coefficient (Wildman–Crippen LogP) is 5.50. The molecule has 1 amide bonds. The van der Waals surface area contributed by atoms with Gasteiger partial charge in [0, 0.05) is 13.2 Å². The number of thiazole rings is 1. The molecule has 0 spiro atoms. The highest BCUT2D eigenvalue weighted by Gasteiger charge is 2.14. The molecule has 25 heavy (non-hydrogen) atoms. The fourth-order valence-electron chi connectivity index (χ4n) is 2.27. The molecule has 4 nitrogen and oxygen atoms in total. The van der Waals surface area contributed by atoms with Crippen LogP contribution < -0.4 is 4.80 Å². The van der Waals surface area contributed by atoms with E-state index in [1.165, 1.54) is 22.7 Å². The molecule has 0 saturated heterocycles. The van der Waals surface area contributed by atoms with Crippen molar-refractivity contribution in [3.05, 3.63) is 48.3 Å². The molecule has 2 heterocycles. The van der Waals surface area contributed by atoms with E-state index in [0.29, 0.717) is 43.8 Å². The monoisotopic (exact) mass is 434 g/mol. The number of halogens is 3. The minimum absolute atomic E-state index is 0.337. The van der Waals surface area contributed by atoms with Gasteiger partial charge in [-0.15, -0.1) is 11.3 Å². The summed E-state index contributed by atoms with van der Waals surface area (Å²) in [5, 5.41) is 0.903. The van der Waals surface area contributed by atoms with Crippen LogP contribution in [0, 0.1) is 0 Å². The van der Waals surface area contributed by atoms with Crippen molar-refractivity contribution in [2.45, 2.75) is 13.5 Å². The van der Waals surface area contributed by atoms with Crippen molar-refractivity contribution in [1.82, 2.24) is 4.57 Å². The lowest BCUT2D eigenvalue weighted by molar-refractivity contribution is 0.100. The van der Waals surface area contributed by atoms with E-state index in [2.05, 4.69) is 4.99 Å². The first kappa shape index (κ1) is 18.9. The van der Waals surface area contributed by atoms with Crippen molar-refractivity contribution < 1.29 is 9.53 Å². The number of carbonyl (C=O) groups excluding carboxylic acids is 1. The maximum absolute atomic E-state index is 12.4. The molecular weight excluding hydrogens is 423 g/mol. The van der Waals surface area contributed by atoms with Gasteiger partial charge in [0.2, 0.25) is 0 Å². The second-order valence-corrected chi connectivity index (χ2v) is 8.47. The van der Waals surface area contributed by atoms with E-state index >= 15 is 0 Å². The number of aromatic nitrogens is 1. The molecule has 0 N–H and O–H groups in total. The average molecular weight is 436 g/mol. The van der Waals surface area contributed by atoms with Crippen molar-refractivity contribution in [3.63, 3.8) is 0 Å². The van der Waals surface area contributed by atoms with Crippen LogP contribution in [0.15, 0.2) is 29.3 Å². The quantitative estimate of drug-likeness (QED) is 0.496. The van der Waals surface area contributed by atoms with Crippen LogP contribution in [0.2, 0.25) is 14.4 Å². The summed E-state index contributed by atoms with van der Waals surface area (Å²) in [5.41, 5.74) is 0.759. The van der Waals surface area contributed by atoms with Crippen LogP contribution in [0.25, 0.3) is 10.2 Å². The minimum Gasteiger partial charge on any atom is -0.380 e. The highest BCUT2D eigenvalue weighted by molar-refractivity contribution is 7.18. The Morgan fingerprint density at radius 3 is 2.68 bits per heavy atom. The van der Waals surface area contributed by atoms with Crippen molar-refractivity contribution in [3.8, 4) is 0 Å². The summed E-state index contributed by atoms with van der Waals surface area (Å²) in [6.07, 6.45) is 0. The maximum atomic E-state index is 12.4. The number of thiophene rings is 1. The molecule has 1 aromatic carbocycles. The van der Waals surface area contributed by atoms with Gasteiger partial charge in [-0.25, -0.2) is 0 Å². The molecular formula is C16H13Cl3N2O2S2. The van der Waals surface area contributed by atoms with E-state index in [-0.39, 0.29) is 5.91 Å². The summed E-state index contributed by atoms with van der Waals surface area (Å²) >= 11 is 21.0. The van der Waals surface area contributed by atoms with E-state index in [9.17, 15) is 4.79 Å². The van der Waals surface area contributed by atoms with Gasteiger partial charge < -0.3 is 9.30 Å². The summed E-state index contributed by atoms with van der Waals surface area (Å²) in [7, 11) is 0. The van der Waals surface area contributed by atoms with Gasteiger partial charge in [-0.2, -0.15) is 4.99 Å². The number of ether oxygens (including phenoxy) is 1. The van der Waals surface area contributed by atoms with Gasteiger partial charge in [-0.3, -0.25) is 4.79 Å². The van der Waals surface area contributed by atoms with Gasteiger partial charge in [0.05, 0.1) is 36.1 Å². The number of amides is 1. The Hall–Kier alpha value is -0.890. The summed E-state index contributed by atoms with van der Waals surface area (Å²) in [5.74, 6) is -0.337. The summed E-state index contributed by atoms with van der Waals surface area (Å²) in [6.45, 7) is 3.54. The normalized spacial score (nSPS) is 12.2. The molecule has 0 saturated carbocycles. The Balaban J connectivity index is 2.12. The Morgan fingerprint density at radius 1 is 1.20 bits per heavy atom. The van der Waals surface area contributed by atoms with Gasteiger partial charge in [-0.05, 0) is 31.2 Å². The van der Waals surface area contributed by atoms with Crippen LogP contribution in [-0.2, 0) is 11.3 Å². The lowest BCUT2D eigenvalue weighted by atomic mass is 10.3. The number of fused-ring (bicyclic) bond motifs is 1. The van der Waals surface area contributed by atoms with Gasteiger partial charge in [0.1, 0.15) is 0 Å². The molecule has 0 aliphatic carbocycles. The van der Waals surface area contributed by atoms with E-state index in [0.717, 1.165) is 10.2 Å². The molecule has 0 aliphatic rings. The molecule has 0 atom stereocenters. The second kappa shape index (κ2) is 8.20. The van der Waals surface area contributed by atoms with Gasteiger partial charge in [-0.1, -0.05) is 46.1 Å². The molecule has 3 aromatic rings. The van der Waals surface area contributed by atoms with Crippen LogP contribution in [0.1, 0.15) is 16.6 Å². The molecule has 0 aliphatic heterocycles. The molecule has 0 unspecified atom stereocenters. The number of rotatable bonds is 5. The van der Waals surface area contributed by atoms with Gasteiger partial charge in [0.25, 0.3) is 5.91 Å². The third kappa shape index (κ3) is 4.10. The zero-order valence-corrected chi connectivity index (χ0v) is 17.0. The standard InChI is InChI=1S/C16H13Cl3N2O2S2/c1-2-23-8-7-21-14-10(4-3-9(17)13(14)19)25-16(21)20-15(22)11-5-6-12(18)24-11/h3-6H,2,7-8H2,1H3. The summed E-state index contributed by atoms with van der Waals surface area (Å²) in [4.78, 5) is 17.7. The highest BCUT2D eigenvalue weighted by Crippen LogP contribution is 2.32. The smallest absolute Gasteiger partial charge is 0.289 e. The minimum atomic E-state index is -0.337. The van der Waals surface area contributed by atoms with E-state index in [1.807, 2.05) is 17.6 Å². The molecule has 132 valence electrons. The first-order chi connectivity index (χ1) is 12.0. The third-order valence-electron chi connectivity index (χ3n) is 3.38. The number of benzene rings is 1. The maximum Gasteiger partial charge on any atom is 0.289 e. The van der Waals surface area contributed by atoms with Crippen molar-refractivity contribution in [2.75, 3.05) is 13.2 Å². The summed E-state index contributed by atoms with van der Waals surface area (Å²) < 4.78 is 8.77. The lowest BCUT2D eigenvalue weighted by Gasteiger charge is -2.07. The van der Waals surface area contributed by atoms with Gasteiger partial charge in [0.15, 0.2) is 4.80 Å². The Morgan fingerprint density at radius 2 is 2.00 bits per heavy atom. The molecule has 3 rings (SSSR count). The third-order valence-corrected chi connectivity index (χ3v) is 6.44. The largest absolute Gasteiger partial charge is 0.380 e. The Bertz CT molecular complexity index is 991. The van der Waals surface area contributed by atoms with Crippen molar-refractivity contribution in [1.29, 1.82) is 0 Å². The first-order valence-electron chi connectivity index (χ1n) is 7.40. The molecule has 0 fully saturated rings. The van der Waals surface area contributed by atoms with Crippen LogP contribution in [0.3, 0.4) is 0 Å². The van der Waals surface area contributed by atoms with Crippen LogP contribution in [0.4, 0.5) is 0 Å². The van der Waals surface area contributed by atoms with Crippen LogP contribution in [-0.4, -0.2) is 23.7 Å². The number of carbonyl (C=O) groups is 1. The fourth-order valence-corrected chi connectivity index (χ4v) is 4.73. The molecule has 9 heteroatoms. The van der Waals surface area contributed by atoms with Crippen molar-refractivity contribution >= 4 is 73.6 Å². The Kier molecular flexibility index (Phi) is 6.20. The summed E-state index contributed by atoms with van der Waals surface area (Å²) in [6, 6.07) is 6.96. The lowest BCUT2D eigenvalue weighted by Crippen LogP contribution is -2.19. The Labute approximate surface area is 167 Å². The zero-order chi connectivity index (χ0) is 18.0. The molecule has 0 radical (unpaired) electrons. The zero-order valence-electron chi connectivity index (χ0n) is 13.1. The van der Waals surface area contributed by atoms with Crippen LogP contribution in [0.5, 0.6) is 0 Å². The topological polar surface area (TPSA) is 43.6 Å². The molecule has 0 bridgehead atoms. The molecule has 2 aromatic heterocycles. The van der Waals surface area contributed by atoms with Gasteiger partial charge >= 0.3 is 0 Å². The number of hydrogen-bond acceptors (Lipinski definition) is 4. The second-order valence-electron chi connectivity index (χ2n) is 4.96. The van der Waals surface area contributed by atoms with Crippen molar-refractivity contribution in [2.24, 2.45) is 4.99 Å². The highest BCUT2D eigenvalue weighted by atomic mass is 35.5. The number of hydrogen-bond donors (Lipinski definition) is 0. The number of nitrogens with zero attached hydrogens (tertiary/aromatic N) is 2. The van der Waals surface area contributed by atoms with E-state index < -0.39 is 0 Å². The average Bonchev–Trinajstić information content (AvgIpc) is 3.16. The van der Waals surface area contributed by atoms with E-state index in [4.69, 9.17) is 39.5 Å². The van der Waals surface area contributed by atoms with Crippen LogP contribution >= 0.6 is 57.5 Å². The van der Waals surface area contributed by atoms with E-state index in [1.54, 1.807) is 18.2 Å².